The largest absolute Gasteiger partial charge is 0.490 e. The van der Waals surface area contributed by atoms with E-state index in [4.69, 9.17) is 4.74 Å². The maximum atomic E-state index is 11.5. The molecule has 2 rings (SSSR count). The predicted octanol–water partition coefficient (Wildman–Crippen LogP) is 2.67. The van der Waals surface area contributed by atoms with Crippen molar-refractivity contribution in [2.45, 2.75) is 51.2 Å². The zero-order chi connectivity index (χ0) is 14.8. The van der Waals surface area contributed by atoms with E-state index in [1.54, 1.807) is 7.05 Å². The van der Waals surface area contributed by atoms with Crippen LogP contribution in [0.3, 0.4) is 0 Å². The molecule has 110 valence electrons. The molecule has 1 aromatic rings. The van der Waals surface area contributed by atoms with Crippen LogP contribution in [0.1, 0.15) is 36.8 Å². The first-order valence-corrected chi connectivity index (χ1v) is 7.14. The number of benzene rings is 1. The van der Waals surface area contributed by atoms with E-state index < -0.39 is 11.5 Å². The summed E-state index contributed by atoms with van der Waals surface area (Å²) in [7, 11) is 1.72. The Bertz CT molecular complexity index is 500. The van der Waals surface area contributed by atoms with Gasteiger partial charge in [-0.2, -0.15) is 0 Å². The van der Waals surface area contributed by atoms with Crippen molar-refractivity contribution in [3.63, 3.8) is 0 Å². The molecule has 4 heteroatoms. The van der Waals surface area contributed by atoms with Crippen molar-refractivity contribution in [1.82, 2.24) is 5.32 Å². The molecule has 1 aliphatic carbocycles. The van der Waals surface area contributed by atoms with Crippen LogP contribution in [0.5, 0.6) is 5.75 Å². The molecule has 0 saturated heterocycles. The molecule has 2 atom stereocenters. The van der Waals surface area contributed by atoms with Crippen molar-refractivity contribution in [2.24, 2.45) is 0 Å². The number of carbonyl (C=O) groups is 1. The average molecular weight is 277 g/mol. The molecule has 0 radical (unpaired) electrons. The van der Waals surface area contributed by atoms with Gasteiger partial charge in [0.1, 0.15) is 17.4 Å². The summed E-state index contributed by atoms with van der Waals surface area (Å²) in [6, 6.07) is 5.99. The highest BCUT2D eigenvalue weighted by Gasteiger charge is 2.42. The lowest BCUT2D eigenvalue weighted by Gasteiger charge is -2.37. The van der Waals surface area contributed by atoms with Gasteiger partial charge in [-0.15, -0.1) is 0 Å². The molecule has 2 N–H and O–H groups in total. The third-order valence-corrected chi connectivity index (χ3v) is 4.44. The maximum Gasteiger partial charge on any atom is 0.324 e. The molecule has 0 heterocycles. The Kier molecular flexibility index (Phi) is 4.33. The first-order valence-electron chi connectivity index (χ1n) is 7.14. The van der Waals surface area contributed by atoms with Gasteiger partial charge >= 0.3 is 5.97 Å². The number of rotatable bonds is 4. The second-order valence-electron chi connectivity index (χ2n) is 5.67. The van der Waals surface area contributed by atoms with Crippen LogP contribution in [0.2, 0.25) is 0 Å². The molecule has 1 saturated carbocycles. The van der Waals surface area contributed by atoms with Crippen molar-refractivity contribution in [3.05, 3.63) is 29.3 Å². The van der Waals surface area contributed by atoms with Crippen LogP contribution >= 0.6 is 0 Å². The number of ether oxygens (including phenoxy) is 1. The summed E-state index contributed by atoms with van der Waals surface area (Å²) in [6.07, 6.45) is 2.89. The molecule has 0 aliphatic heterocycles. The molecule has 1 fully saturated rings. The molecular formula is C16H23NO3. The summed E-state index contributed by atoms with van der Waals surface area (Å²) in [4.78, 5) is 11.5. The van der Waals surface area contributed by atoms with Gasteiger partial charge < -0.3 is 15.2 Å². The van der Waals surface area contributed by atoms with Crippen molar-refractivity contribution in [3.8, 4) is 5.75 Å². The van der Waals surface area contributed by atoms with Gasteiger partial charge in [0.25, 0.3) is 0 Å². The average Bonchev–Trinajstić information content (AvgIpc) is 2.44. The standard InChI is InChI=1S/C16H23NO3/c1-11-6-4-8-14(12(11)2)20-13-7-5-9-16(10-13,17-3)15(18)19/h4,6,8,13,17H,5,7,9-10H2,1-3H3,(H,18,19). The minimum Gasteiger partial charge on any atom is -0.490 e. The highest BCUT2D eigenvalue weighted by Crippen LogP contribution is 2.32. The van der Waals surface area contributed by atoms with Crippen molar-refractivity contribution < 1.29 is 14.6 Å². The van der Waals surface area contributed by atoms with E-state index >= 15 is 0 Å². The summed E-state index contributed by atoms with van der Waals surface area (Å²) in [5.41, 5.74) is 1.47. The van der Waals surface area contributed by atoms with E-state index in [2.05, 4.69) is 18.3 Å². The number of hydrogen-bond acceptors (Lipinski definition) is 3. The molecule has 0 aromatic heterocycles. The third kappa shape index (κ3) is 2.80. The van der Waals surface area contributed by atoms with Gasteiger partial charge in [-0.3, -0.25) is 4.79 Å². The van der Waals surface area contributed by atoms with Gasteiger partial charge in [0.05, 0.1) is 0 Å². The molecule has 20 heavy (non-hydrogen) atoms. The second-order valence-corrected chi connectivity index (χ2v) is 5.67. The highest BCUT2D eigenvalue weighted by molar-refractivity contribution is 5.79. The minimum absolute atomic E-state index is 0.0483. The van der Waals surface area contributed by atoms with Crippen molar-refractivity contribution >= 4 is 5.97 Å². The summed E-state index contributed by atoms with van der Waals surface area (Å²) in [5, 5.41) is 12.4. The van der Waals surface area contributed by atoms with Crippen LogP contribution in [0.4, 0.5) is 0 Å². The van der Waals surface area contributed by atoms with Gasteiger partial charge in [0.2, 0.25) is 0 Å². The molecule has 0 spiro atoms. The zero-order valence-electron chi connectivity index (χ0n) is 12.4. The first-order chi connectivity index (χ1) is 9.48. The molecule has 0 bridgehead atoms. The Balaban J connectivity index is 2.14. The molecule has 2 unspecified atom stereocenters. The van der Waals surface area contributed by atoms with Crippen LogP contribution in [-0.4, -0.2) is 29.8 Å². The molecular weight excluding hydrogens is 254 g/mol. The van der Waals surface area contributed by atoms with Crippen molar-refractivity contribution in [1.29, 1.82) is 0 Å². The highest BCUT2D eigenvalue weighted by atomic mass is 16.5. The Labute approximate surface area is 120 Å². The number of carboxylic acids is 1. The Morgan fingerprint density at radius 1 is 1.45 bits per heavy atom. The Morgan fingerprint density at radius 2 is 2.20 bits per heavy atom. The predicted molar refractivity (Wildman–Crippen MR) is 78.2 cm³/mol. The third-order valence-electron chi connectivity index (χ3n) is 4.44. The lowest BCUT2D eigenvalue weighted by Crippen LogP contribution is -2.55. The van der Waals surface area contributed by atoms with Gasteiger partial charge in [-0.05, 0) is 57.4 Å². The Morgan fingerprint density at radius 3 is 2.85 bits per heavy atom. The normalized spacial score (nSPS) is 26.2. The number of likely N-dealkylation sites (N-methyl/N-ethyl adjacent to an activating group) is 1. The van der Waals surface area contributed by atoms with E-state index in [9.17, 15) is 9.90 Å². The van der Waals surface area contributed by atoms with Crippen LogP contribution < -0.4 is 10.1 Å². The molecule has 1 aliphatic rings. The van der Waals surface area contributed by atoms with E-state index in [1.807, 2.05) is 19.1 Å². The van der Waals surface area contributed by atoms with Gasteiger partial charge in [-0.25, -0.2) is 0 Å². The zero-order valence-corrected chi connectivity index (χ0v) is 12.4. The number of carboxylic acid groups (broad SMARTS) is 1. The summed E-state index contributed by atoms with van der Waals surface area (Å²) in [5.74, 6) is 0.0848. The van der Waals surface area contributed by atoms with E-state index in [1.165, 1.54) is 5.56 Å². The first kappa shape index (κ1) is 14.9. The van der Waals surface area contributed by atoms with Crippen LogP contribution in [0.15, 0.2) is 18.2 Å². The fourth-order valence-electron chi connectivity index (χ4n) is 2.88. The van der Waals surface area contributed by atoms with Gasteiger partial charge in [-0.1, -0.05) is 12.1 Å². The summed E-state index contributed by atoms with van der Waals surface area (Å²) < 4.78 is 6.07. The second kappa shape index (κ2) is 5.83. The van der Waals surface area contributed by atoms with E-state index in [0.29, 0.717) is 12.8 Å². The molecule has 0 amide bonds. The van der Waals surface area contributed by atoms with Crippen LogP contribution in [0, 0.1) is 13.8 Å². The fraction of sp³-hybridized carbons (Fsp3) is 0.562. The number of nitrogens with one attached hydrogen (secondary N) is 1. The van der Waals surface area contributed by atoms with E-state index in [0.717, 1.165) is 24.2 Å². The van der Waals surface area contributed by atoms with Crippen LogP contribution in [-0.2, 0) is 4.79 Å². The quantitative estimate of drug-likeness (QED) is 0.888. The lowest BCUT2D eigenvalue weighted by atomic mass is 9.80. The topological polar surface area (TPSA) is 58.6 Å². The number of aliphatic carboxylic acids is 1. The lowest BCUT2D eigenvalue weighted by molar-refractivity contribution is -0.147. The van der Waals surface area contributed by atoms with Crippen molar-refractivity contribution in [2.75, 3.05) is 7.05 Å². The van der Waals surface area contributed by atoms with Crippen LogP contribution in [0.25, 0.3) is 0 Å². The number of hydrogen-bond donors (Lipinski definition) is 2. The minimum atomic E-state index is -0.847. The summed E-state index contributed by atoms with van der Waals surface area (Å²) in [6.45, 7) is 4.09. The van der Waals surface area contributed by atoms with Gasteiger partial charge in [0.15, 0.2) is 0 Å². The van der Waals surface area contributed by atoms with E-state index in [-0.39, 0.29) is 6.10 Å². The number of aryl methyl sites for hydroxylation is 1. The SMILES string of the molecule is CNC1(C(=O)O)CCCC(Oc2cccc(C)c2C)C1. The Hall–Kier alpha value is -1.55. The maximum absolute atomic E-state index is 11.5. The smallest absolute Gasteiger partial charge is 0.324 e. The summed E-state index contributed by atoms with van der Waals surface area (Å²) >= 11 is 0. The molecule has 1 aromatic carbocycles. The monoisotopic (exact) mass is 277 g/mol. The van der Waals surface area contributed by atoms with Gasteiger partial charge in [0, 0.05) is 6.42 Å². The fourth-order valence-corrected chi connectivity index (χ4v) is 2.88. The molecule has 4 nitrogen and oxygen atoms in total.